The van der Waals surface area contributed by atoms with E-state index in [2.05, 4.69) is 15.3 Å². The molecule has 1 fully saturated rings. The lowest BCUT2D eigenvalue weighted by atomic mass is 9.81. The highest BCUT2D eigenvalue weighted by Gasteiger charge is 2.25. The lowest BCUT2D eigenvalue weighted by Crippen LogP contribution is -2.37. The van der Waals surface area contributed by atoms with Gasteiger partial charge in [-0.2, -0.15) is 0 Å². The van der Waals surface area contributed by atoms with Gasteiger partial charge in [0, 0.05) is 45.6 Å². The van der Waals surface area contributed by atoms with E-state index in [1.54, 1.807) is 38.5 Å². The first-order valence-corrected chi connectivity index (χ1v) is 13.9. The van der Waals surface area contributed by atoms with E-state index in [0.717, 1.165) is 12.8 Å². The summed E-state index contributed by atoms with van der Waals surface area (Å²) in [5.74, 6) is -0.749. The Morgan fingerprint density at radius 2 is 2.00 bits per heavy atom. The number of rotatable bonds is 11. The third-order valence-electron chi connectivity index (χ3n) is 7.29. The molecule has 12 heteroatoms. The van der Waals surface area contributed by atoms with Gasteiger partial charge < -0.3 is 29.4 Å². The number of hydrogen-bond donors (Lipinski definition) is 2. The van der Waals surface area contributed by atoms with Crippen LogP contribution in [0.1, 0.15) is 43.4 Å². The fourth-order valence-corrected chi connectivity index (χ4v) is 4.63. The van der Waals surface area contributed by atoms with Crippen LogP contribution in [0.3, 0.4) is 0 Å². The number of H-pyrrole nitrogens is 1. The van der Waals surface area contributed by atoms with Gasteiger partial charge in [-0.25, -0.2) is 9.18 Å². The molecule has 1 saturated carbocycles. The molecule has 1 aliphatic carbocycles. The van der Waals surface area contributed by atoms with Crippen LogP contribution in [0.4, 0.5) is 14.9 Å². The molecule has 3 aromatic rings. The largest absolute Gasteiger partial charge is 0.436 e. The highest BCUT2D eigenvalue weighted by Crippen LogP contribution is 2.32. The van der Waals surface area contributed by atoms with Gasteiger partial charge in [0.1, 0.15) is 11.5 Å². The minimum absolute atomic E-state index is 0.0117. The number of halogens is 1. The highest BCUT2D eigenvalue weighted by molar-refractivity contribution is 5.95. The molecule has 4 rings (SSSR count). The fourth-order valence-electron chi connectivity index (χ4n) is 4.63. The second kappa shape index (κ2) is 13.5. The Morgan fingerprint density at radius 1 is 1.24 bits per heavy atom. The third-order valence-corrected chi connectivity index (χ3v) is 7.29. The van der Waals surface area contributed by atoms with Gasteiger partial charge >= 0.3 is 6.09 Å². The number of anilines is 1. The quantitative estimate of drug-likeness (QED) is 0.333. The average Bonchev–Trinajstić information content (AvgIpc) is 3.33. The summed E-state index contributed by atoms with van der Waals surface area (Å²) in [5.41, 5.74) is 2.10. The number of carbonyl (C=O) groups excluding carboxylic acids is 3. The third kappa shape index (κ3) is 7.42. The topological polar surface area (TPSA) is 130 Å². The first kappa shape index (κ1) is 30.5. The number of hydrogen-bond acceptors (Lipinski definition) is 6. The molecule has 0 bridgehead atoms. The van der Waals surface area contributed by atoms with Crippen molar-refractivity contribution in [1.82, 2.24) is 24.3 Å². The minimum atomic E-state index is -1.20. The first-order valence-electron chi connectivity index (χ1n) is 13.9. The molecule has 0 radical (unpaired) electrons. The second-order valence-electron chi connectivity index (χ2n) is 11.0. The smallest absolute Gasteiger partial charge is 0.410 e. The van der Waals surface area contributed by atoms with Crippen LogP contribution >= 0.6 is 0 Å². The number of aromatic nitrogens is 3. The van der Waals surface area contributed by atoms with Crippen molar-refractivity contribution in [3.05, 3.63) is 70.2 Å². The molecule has 42 heavy (non-hydrogen) atoms. The predicted molar refractivity (Wildman–Crippen MR) is 157 cm³/mol. The normalized spacial score (nSPS) is 14.0. The standard InChI is InChI=1S/C30H37FN6O5/c1-35(2)26(38)13-6-5-12-25(42-30(41)36(3)4)28(39)34-23-11-8-14-37(29(23)40)18-20-16-24-27(33-20)21(22(31)17-32-24)15-19-9-7-10-19/h6,8,11,13-14,16-17,19,25,33H,5,7,9-10,12,15,18H2,1-4H3,(H,34,39)/b13-6+. The Kier molecular flexibility index (Phi) is 9.76. The number of nitrogens with one attached hydrogen (secondary N) is 2. The molecule has 0 saturated heterocycles. The number of amides is 3. The summed E-state index contributed by atoms with van der Waals surface area (Å²) in [7, 11) is 6.23. The summed E-state index contributed by atoms with van der Waals surface area (Å²) in [6.07, 6.45) is 8.27. The molecule has 3 heterocycles. The van der Waals surface area contributed by atoms with Crippen LogP contribution in [-0.4, -0.2) is 76.5 Å². The van der Waals surface area contributed by atoms with Crippen molar-refractivity contribution in [3.63, 3.8) is 0 Å². The number of ether oxygens (including phenoxy) is 1. The van der Waals surface area contributed by atoms with Crippen molar-refractivity contribution >= 4 is 34.6 Å². The molecule has 1 unspecified atom stereocenters. The van der Waals surface area contributed by atoms with Gasteiger partial charge in [-0.05, 0) is 49.5 Å². The number of carbonyl (C=O) groups is 3. The van der Waals surface area contributed by atoms with Crippen LogP contribution in [0, 0.1) is 11.7 Å². The van der Waals surface area contributed by atoms with Crippen molar-refractivity contribution < 1.29 is 23.5 Å². The van der Waals surface area contributed by atoms with Crippen LogP contribution < -0.4 is 10.9 Å². The van der Waals surface area contributed by atoms with Crippen molar-refractivity contribution in [2.75, 3.05) is 33.5 Å². The predicted octanol–water partition coefficient (Wildman–Crippen LogP) is 3.68. The molecule has 1 atom stereocenters. The lowest BCUT2D eigenvalue weighted by molar-refractivity contribution is -0.125. The van der Waals surface area contributed by atoms with Crippen molar-refractivity contribution in [2.24, 2.45) is 5.92 Å². The molecule has 3 aromatic heterocycles. The molecule has 3 amide bonds. The van der Waals surface area contributed by atoms with Crippen LogP contribution in [-0.2, 0) is 27.3 Å². The maximum Gasteiger partial charge on any atom is 0.410 e. The van der Waals surface area contributed by atoms with Gasteiger partial charge in [-0.15, -0.1) is 0 Å². The molecular formula is C30H37FN6O5. The fraction of sp³-hybridized carbons (Fsp3) is 0.433. The number of fused-ring (bicyclic) bond motifs is 1. The van der Waals surface area contributed by atoms with E-state index in [-0.39, 0.29) is 36.8 Å². The molecule has 1 aliphatic rings. The summed E-state index contributed by atoms with van der Waals surface area (Å²) >= 11 is 0. The Hall–Kier alpha value is -4.48. The Morgan fingerprint density at radius 3 is 2.67 bits per heavy atom. The zero-order valence-corrected chi connectivity index (χ0v) is 24.4. The summed E-state index contributed by atoms with van der Waals surface area (Å²) in [5, 5.41) is 2.59. The van der Waals surface area contributed by atoms with Crippen molar-refractivity contribution in [2.45, 2.75) is 51.2 Å². The van der Waals surface area contributed by atoms with Gasteiger partial charge in [0.15, 0.2) is 6.10 Å². The minimum Gasteiger partial charge on any atom is -0.436 e. The summed E-state index contributed by atoms with van der Waals surface area (Å²) in [4.78, 5) is 60.5. The number of aromatic amines is 1. The Balaban J connectivity index is 1.49. The lowest BCUT2D eigenvalue weighted by Gasteiger charge is -2.25. The van der Waals surface area contributed by atoms with E-state index in [4.69, 9.17) is 4.74 Å². The van der Waals surface area contributed by atoms with Crippen LogP contribution in [0.25, 0.3) is 11.0 Å². The number of nitrogens with zero attached hydrogens (tertiary/aromatic N) is 4. The van der Waals surface area contributed by atoms with E-state index in [1.807, 2.05) is 0 Å². The van der Waals surface area contributed by atoms with Gasteiger partial charge in [0.2, 0.25) is 5.91 Å². The van der Waals surface area contributed by atoms with Gasteiger partial charge in [0.25, 0.3) is 11.5 Å². The molecule has 0 aromatic carbocycles. The maximum atomic E-state index is 14.6. The highest BCUT2D eigenvalue weighted by atomic mass is 19.1. The van der Waals surface area contributed by atoms with E-state index >= 15 is 0 Å². The number of likely N-dealkylation sites (N-methyl/N-ethyl adjacent to an activating group) is 1. The molecule has 224 valence electrons. The van der Waals surface area contributed by atoms with Gasteiger partial charge in [-0.1, -0.05) is 25.3 Å². The Bertz CT molecular complexity index is 1540. The summed E-state index contributed by atoms with van der Waals surface area (Å²) in [6.45, 7) is 0.146. The zero-order chi connectivity index (χ0) is 30.4. The Labute approximate surface area is 243 Å². The molecule has 0 aliphatic heterocycles. The van der Waals surface area contributed by atoms with Gasteiger partial charge in [0.05, 0.1) is 23.8 Å². The summed E-state index contributed by atoms with van der Waals surface area (Å²) < 4.78 is 21.4. The SMILES string of the molecule is CN(C)C(=O)/C=C/CCC(OC(=O)N(C)C)C(=O)Nc1cccn(Cc2cc3ncc(F)c(CC4CCC4)c3[nH]2)c1=O. The van der Waals surface area contributed by atoms with Gasteiger partial charge in [-0.3, -0.25) is 19.4 Å². The van der Waals surface area contributed by atoms with Crippen molar-refractivity contribution in [1.29, 1.82) is 0 Å². The van der Waals surface area contributed by atoms with Crippen LogP contribution in [0.5, 0.6) is 0 Å². The molecular weight excluding hydrogens is 543 g/mol. The summed E-state index contributed by atoms with van der Waals surface area (Å²) in [6, 6.07) is 4.88. The van der Waals surface area contributed by atoms with Crippen LogP contribution in [0.15, 0.2) is 47.5 Å². The zero-order valence-electron chi connectivity index (χ0n) is 24.4. The van der Waals surface area contributed by atoms with E-state index in [9.17, 15) is 23.6 Å². The molecule has 2 N–H and O–H groups in total. The van der Waals surface area contributed by atoms with E-state index < -0.39 is 23.7 Å². The second-order valence-corrected chi connectivity index (χ2v) is 11.0. The number of allylic oxidation sites excluding steroid dienone is 1. The first-order chi connectivity index (χ1) is 20.0. The molecule has 11 nitrogen and oxygen atoms in total. The van der Waals surface area contributed by atoms with Crippen molar-refractivity contribution in [3.8, 4) is 0 Å². The molecule has 0 spiro atoms. The van der Waals surface area contributed by atoms with E-state index in [1.165, 1.54) is 53.2 Å². The number of pyridine rings is 2. The van der Waals surface area contributed by atoms with Crippen LogP contribution in [0.2, 0.25) is 0 Å². The van der Waals surface area contributed by atoms with E-state index in [0.29, 0.717) is 34.6 Å². The average molecular weight is 581 g/mol. The monoisotopic (exact) mass is 580 g/mol. The maximum absolute atomic E-state index is 14.6.